The van der Waals surface area contributed by atoms with Crippen LogP contribution >= 0.6 is 0 Å². The van der Waals surface area contributed by atoms with E-state index < -0.39 is 20.6 Å². The third-order valence-corrected chi connectivity index (χ3v) is 6.12. The smallest absolute Gasteiger partial charge is 0.324 e. The number of aryl methyl sites for hydroxylation is 1. The van der Waals surface area contributed by atoms with Gasteiger partial charge >= 0.3 is 5.97 Å². The van der Waals surface area contributed by atoms with Crippen molar-refractivity contribution in [3.63, 3.8) is 0 Å². The molecule has 1 atom stereocenters. The monoisotopic (exact) mass is 337 g/mol. The number of hydrogen-bond acceptors (Lipinski definition) is 5. The first-order chi connectivity index (χ1) is 10.7. The van der Waals surface area contributed by atoms with Crippen LogP contribution in [0.4, 0.5) is 0 Å². The largest absolute Gasteiger partial charge is 0.480 e. The molecule has 0 saturated carbocycles. The number of rotatable bonds is 6. The van der Waals surface area contributed by atoms with Crippen molar-refractivity contribution >= 4 is 15.8 Å². The number of nitrogens with zero attached hydrogens (tertiary/aromatic N) is 3. The van der Waals surface area contributed by atoms with Crippen LogP contribution in [0.5, 0.6) is 0 Å². The van der Waals surface area contributed by atoms with Gasteiger partial charge in [-0.3, -0.25) is 4.79 Å². The average Bonchev–Trinajstić information content (AvgIpc) is 2.85. The molecule has 0 bridgehead atoms. The van der Waals surface area contributed by atoms with Gasteiger partial charge in [0.2, 0.25) is 0 Å². The van der Waals surface area contributed by atoms with Crippen LogP contribution in [0.25, 0.3) is 11.3 Å². The molecule has 7 nitrogen and oxygen atoms in total. The van der Waals surface area contributed by atoms with Crippen molar-refractivity contribution in [3.05, 3.63) is 36.0 Å². The van der Waals surface area contributed by atoms with Crippen LogP contribution in [0.3, 0.4) is 0 Å². The molecule has 1 heterocycles. The van der Waals surface area contributed by atoms with Gasteiger partial charge in [-0.05, 0) is 20.3 Å². The van der Waals surface area contributed by atoms with Crippen molar-refractivity contribution in [1.29, 1.82) is 0 Å². The van der Waals surface area contributed by atoms with E-state index in [1.807, 2.05) is 37.3 Å². The van der Waals surface area contributed by atoms with Gasteiger partial charge in [0, 0.05) is 18.4 Å². The molecule has 1 aromatic heterocycles. The molecule has 0 spiro atoms. The maximum absolute atomic E-state index is 11.8. The van der Waals surface area contributed by atoms with Gasteiger partial charge in [0.05, 0.1) is 5.69 Å². The molecular weight excluding hydrogens is 318 g/mol. The summed E-state index contributed by atoms with van der Waals surface area (Å²) in [6.07, 6.45) is 0.851. The van der Waals surface area contributed by atoms with Gasteiger partial charge in [-0.2, -0.15) is 0 Å². The second kappa shape index (κ2) is 6.11. The van der Waals surface area contributed by atoms with E-state index in [-0.39, 0.29) is 13.0 Å². The highest BCUT2D eigenvalue weighted by molar-refractivity contribution is 7.92. The van der Waals surface area contributed by atoms with Crippen molar-refractivity contribution in [3.8, 4) is 11.3 Å². The molecule has 0 unspecified atom stereocenters. The average molecular weight is 337 g/mol. The van der Waals surface area contributed by atoms with Crippen molar-refractivity contribution in [1.82, 2.24) is 15.0 Å². The Kier molecular flexibility index (Phi) is 4.56. The lowest BCUT2D eigenvalue weighted by atomic mass is 10.1. The second-order valence-electron chi connectivity index (χ2n) is 5.67. The predicted molar refractivity (Wildman–Crippen MR) is 85.7 cm³/mol. The highest BCUT2D eigenvalue weighted by Crippen LogP contribution is 2.24. The van der Waals surface area contributed by atoms with Gasteiger partial charge in [0.1, 0.15) is 5.69 Å². The molecule has 1 aromatic carbocycles. The van der Waals surface area contributed by atoms with E-state index in [2.05, 4.69) is 10.3 Å². The van der Waals surface area contributed by atoms with Crippen molar-refractivity contribution in [2.75, 3.05) is 6.26 Å². The number of sulfone groups is 1. The van der Waals surface area contributed by atoms with Gasteiger partial charge in [0.15, 0.2) is 14.6 Å². The maximum atomic E-state index is 11.8. The highest BCUT2D eigenvalue weighted by Gasteiger charge is 2.43. The Morgan fingerprint density at radius 1 is 1.30 bits per heavy atom. The summed E-state index contributed by atoms with van der Waals surface area (Å²) in [5.74, 6) is -1.36. The molecule has 0 aliphatic heterocycles. The molecule has 2 rings (SSSR count). The van der Waals surface area contributed by atoms with Gasteiger partial charge < -0.3 is 5.11 Å². The van der Waals surface area contributed by atoms with E-state index in [4.69, 9.17) is 0 Å². The fourth-order valence-electron chi connectivity index (χ4n) is 2.21. The first-order valence-electron chi connectivity index (χ1n) is 7.05. The standard InChI is InChI=1S/C15H19N3O4S/c1-11-13(12-7-5-4-6-8-12)16-17-18(11)10-9-15(2,14(19)20)23(3,21)22/h4-8H,9-10H2,1-3H3,(H,19,20)/t15-/m1/s1. The Balaban J connectivity index is 2.26. The topological polar surface area (TPSA) is 102 Å². The lowest BCUT2D eigenvalue weighted by Gasteiger charge is -2.22. The summed E-state index contributed by atoms with van der Waals surface area (Å²) in [5, 5.41) is 17.4. The van der Waals surface area contributed by atoms with Crippen LogP contribution in [-0.2, 0) is 21.2 Å². The zero-order chi connectivity index (χ0) is 17.3. The molecule has 0 aliphatic carbocycles. The third-order valence-electron chi connectivity index (χ3n) is 4.10. The molecule has 2 aromatic rings. The van der Waals surface area contributed by atoms with E-state index in [1.54, 1.807) is 0 Å². The lowest BCUT2D eigenvalue weighted by Crippen LogP contribution is -2.44. The quantitative estimate of drug-likeness (QED) is 0.857. The fraction of sp³-hybridized carbons (Fsp3) is 0.400. The zero-order valence-electron chi connectivity index (χ0n) is 13.2. The first-order valence-corrected chi connectivity index (χ1v) is 8.94. The summed E-state index contributed by atoms with van der Waals surface area (Å²) in [7, 11) is -3.75. The normalized spacial score (nSPS) is 14.4. The summed E-state index contributed by atoms with van der Waals surface area (Å²) >= 11 is 0. The Bertz CT molecular complexity index is 815. The van der Waals surface area contributed by atoms with E-state index in [1.165, 1.54) is 11.6 Å². The van der Waals surface area contributed by atoms with Crippen LogP contribution in [0.15, 0.2) is 30.3 Å². The summed E-state index contributed by atoms with van der Waals surface area (Å²) in [6.45, 7) is 3.19. The molecule has 1 N–H and O–H groups in total. The van der Waals surface area contributed by atoms with Crippen LogP contribution in [0.1, 0.15) is 19.0 Å². The molecular formula is C15H19N3O4S. The summed E-state index contributed by atoms with van der Waals surface area (Å²) in [4.78, 5) is 11.4. The Morgan fingerprint density at radius 2 is 1.91 bits per heavy atom. The molecule has 0 saturated heterocycles. The minimum atomic E-state index is -3.75. The number of carboxylic acid groups (broad SMARTS) is 1. The molecule has 23 heavy (non-hydrogen) atoms. The van der Waals surface area contributed by atoms with Crippen molar-refractivity contribution < 1.29 is 18.3 Å². The Labute approximate surface area is 134 Å². The van der Waals surface area contributed by atoms with Crippen LogP contribution < -0.4 is 0 Å². The minimum Gasteiger partial charge on any atom is -0.480 e. The second-order valence-corrected chi connectivity index (χ2v) is 8.12. The summed E-state index contributed by atoms with van der Waals surface area (Å²) in [5.41, 5.74) is 2.36. The van der Waals surface area contributed by atoms with Crippen molar-refractivity contribution in [2.45, 2.75) is 31.6 Å². The number of carboxylic acids is 1. The summed E-state index contributed by atoms with van der Waals surface area (Å²) in [6, 6.07) is 9.48. The number of aromatic nitrogens is 3. The maximum Gasteiger partial charge on any atom is 0.324 e. The van der Waals surface area contributed by atoms with Gasteiger partial charge in [-0.15, -0.1) is 5.10 Å². The zero-order valence-corrected chi connectivity index (χ0v) is 14.0. The van der Waals surface area contributed by atoms with Gasteiger partial charge in [0.25, 0.3) is 0 Å². The SMILES string of the molecule is Cc1c(-c2ccccc2)nnn1CC[C@](C)(C(=O)O)S(C)(=O)=O. The molecule has 0 aliphatic rings. The van der Waals surface area contributed by atoms with E-state index in [0.29, 0.717) is 5.69 Å². The van der Waals surface area contributed by atoms with Crippen LogP contribution in [0.2, 0.25) is 0 Å². The lowest BCUT2D eigenvalue weighted by molar-refractivity contribution is -0.139. The Morgan fingerprint density at radius 3 is 2.43 bits per heavy atom. The number of hydrogen-bond donors (Lipinski definition) is 1. The number of benzene rings is 1. The van der Waals surface area contributed by atoms with E-state index >= 15 is 0 Å². The molecule has 124 valence electrons. The number of aliphatic carboxylic acids is 1. The predicted octanol–water partition coefficient (Wildman–Crippen LogP) is 1.53. The highest BCUT2D eigenvalue weighted by atomic mass is 32.2. The van der Waals surface area contributed by atoms with Crippen molar-refractivity contribution in [2.24, 2.45) is 0 Å². The van der Waals surface area contributed by atoms with Gasteiger partial charge in [-0.1, -0.05) is 35.5 Å². The van der Waals surface area contributed by atoms with Gasteiger partial charge in [-0.25, -0.2) is 13.1 Å². The third kappa shape index (κ3) is 3.26. The molecule has 0 radical (unpaired) electrons. The van der Waals surface area contributed by atoms with E-state index in [0.717, 1.165) is 17.5 Å². The number of carbonyl (C=O) groups is 1. The fourth-order valence-corrected chi connectivity index (χ4v) is 2.98. The minimum absolute atomic E-state index is 0.0837. The first kappa shape index (κ1) is 17.1. The summed E-state index contributed by atoms with van der Waals surface area (Å²) < 4.78 is 23.3. The Hall–Kier alpha value is -2.22. The van der Waals surface area contributed by atoms with E-state index in [9.17, 15) is 18.3 Å². The van der Waals surface area contributed by atoms with Crippen LogP contribution in [0, 0.1) is 6.92 Å². The van der Waals surface area contributed by atoms with Crippen LogP contribution in [-0.4, -0.2) is 45.5 Å². The molecule has 8 heteroatoms. The molecule has 0 amide bonds. The molecule has 0 fully saturated rings.